The van der Waals surface area contributed by atoms with Crippen molar-refractivity contribution in [2.45, 2.75) is 23.2 Å². The van der Waals surface area contributed by atoms with Gasteiger partial charge in [-0.25, -0.2) is 18.0 Å². The lowest BCUT2D eigenvalue weighted by Gasteiger charge is -2.34. The molecule has 1 aliphatic rings. The molecule has 182 valence electrons. The Morgan fingerprint density at radius 2 is 1.57 bits per heavy atom. The zero-order valence-corrected chi connectivity index (χ0v) is 20.5. The van der Waals surface area contributed by atoms with Gasteiger partial charge in [-0.05, 0) is 47.2 Å². The summed E-state index contributed by atoms with van der Waals surface area (Å²) < 4.78 is 37.6. The fourth-order valence-electron chi connectivity index (χ4n) is 3.90. The number of nitrogens with zero attached hydrogens (tertiary/aromatic N) is 1. The molecule has 0 unspecified atom stereocenters. The first-order chi connectivity index (χ1) is 16.7. The van der Waals surface area contributed by atoms with Crippen molar-refractivity contribution >= 4 is 44.9 Å². The third kappa shape index (κ3) is 4.97. The molecule has 35 heavy (non-hydrogen) atoms. The van der Waals surface area contributed by atoms with Crippen LogP contribution in [0.3, 0.4) is 0 Å². The van der Waals surface area contributed by atoms with E-state index < -0.39 is 33.9 Å². The number of benzene rings is 2. The number of hydrogen-bond donors (Lipinski definition) is 1. The number of carbonyl (C=O) groups is 3. The molecule has 1 aliphatic heterocycles. The summed E-state index contributed by atoms with van der Waals surface area (Å²) in [4.78, 5) is 37.6. The van der Waals surface area contributed by atoms with Gasteiger partial charge in [0.1, 0.15) is 10.3 Å². The summed E-state index contributed by atoms with van der Waals surface area (Å²) in [5, 5.41) is 4.33. The van der Waals surface area contributed by atoms with E-state index in [0.29, 0.717) is 0 Å². The molecule has 1 N–H and O–H groups in total. The summed E-state index contributed by atoms with van der Waals surface area (Å²) in [6, 6.07) is 13.4. The van der Waals surface area contributed by atoms with Crippen molar-refractivity contribution in [1.82, 2.24) is 4.31 Å². The van der Waals surface area contributed by atoms with Gasteiger partial charge in [0.2, 0.25) is 5.91 Å². The molecule has 3 aromatic rings. The van der Waals surface area contributed by atoms with Crippen LogP contribution in [0.4, 0.5) is 5.69 Å². The van der Waals surface area contributed by atoms with Gasteiger partial charge >= 0.3 is 11.9 Å². The first kappa shape index (κ1) is 24.6. The predicted octanol–water partition coefficient (Wildman–Crippen LogP) is 3.08. The van der Waals surface area contributed by atoms with Crippen LogP contribution < -0.4 is 5.32 Å². The second-order valence-electron chi connectivity index (χ2n) is 7.74. The van der Waals surface area contributed by atoms with Gasteiger partial charge in [0, 0.05) is 12.2 Å². The Morgan fingerprint density at radius 1 is 0.943 bits per heavy atom. The molecule has 2 aromatic carbocycles. The fourth-order valence-corrected chi connectivity index (χ4v) is 6.58. The molecule has 0 spiro atoms. The van der Waals surface area contributed by atoms with Gasteiger partial charge in [0.15, 0.2) is 0 Å². The molecule has 0 saturated heterocycles. The molecule has 0 radical (unpaired) electrons. The number of hydrogen-bond acceptors (Lipinski definition) is 8. The zero-order valence-electron chi connectivity index (χ0n) is 18.9. The van der Waals surface area contributed by atoms with Gasteiger partial charge in [-0.3, -0.25) is 4.79 Å². The maximum Gasteiger partial charge on any atom is 0.337 e. The maximum atomic E-state index is 13.5. The molecule has 4 rings (SSSR count). The molecule has 1 amide bonds. The minimum Gasteiger partial charge on any atom is -0.465 e. The van der Waals surface area contributed by atoms with Crippen molar-refractivity contribution in [3.8, 4) is 0 Å². The van der Waals surface area contributed by atoms with Crippen LogP contribution in [0, 0.1) is 0 Å². The van der Waals surface area contributed by atoms with Crippen LogP contribution in [-0.4, -0.2) is 50.8 Å². The number of amides is 1. The van der Waals surface area contributed by atoms with Crippen LogP contribution in [-0.2, 0) is 37.3 Å². The van der Waals surface area contributed by atoms with E-state index in [4.69, 9.17) is 9.47 Å². The Labute approximate surface area is 206 Å². The zero-order chi connectivity index (χ0) is 25.2. The monoisotopic (exact) mass is 514 g/mol. The molecule has 2 heterocycles. The number of nitrogens with one attached hydrogen (secondary N) is 1. The molecule has 0 aliphatic carbocycles. The number of fused-ring (bicyclic) bond motifs is 1. The first-order valence-corrected chi connectivity index (χ1v) is 12.8. The van der Waals surface area contributed by atoms with E-state index in [-0.39, 0.29) is 34.0 Å². The van der Waals surface area contributed by atoms with E-state index in [0.717, 1.165) is 22.5 Å². The minimum atomic E-state index is -3.96. The highest BCUT2D eigenvalue weighted by Gasteiger charge is 2.40. The number of esters is 2. The molecular weight excluding hydrogens is 492 g/mol. The fraction of sp³-hybridized carbons (Fsp3) is 0.208. The second-order valence-corrected chi connectivity index (χ2v) is 10.8. The lowest BCUT2D eigenvalue weighted by Crippen LogP contribution is -2.50. The Morgan fingerprint density at radius 3 is 2.14 bits per heavy atom. The van der Waals surface area contributed by atoms with Crippen molar-refractivity contribution in [3.63, 3.8) is 0 Å². The van der Waals surface area contributed by atoms with Crippen LogP contribution in [0.25, 0.3) is 0 Å². The average Bonchev–Trinajstić information content (AvgIpc) is 3.42. The number of thiophene rings is 1. The van der Waals surface area contributed by atoms with E-state index in [1.165, 1.54) is 42.8 Å². The average molecular weight is 515 g/mol. The summed E-state index contributed by atoms with van der Waals surface area (Å²) in [7, 11) is -1.57. The van der Waals surface area contributed by atoms with Gasteiger partial charge in [0.05, 0.1) is 25.3 Å². The molecule has 1 aromatic heterocycles. The van der Waals surface area contributed by atoms with Gasteiger partial charge in [0.25, 0.3) is 10.0 Å². The normalized spacial score (nSPS) is 15.7. The van der Waals surface area contributed by atoms with Gasteiger partial charge in [-0.1, -0.05) is 30.3 Å². The standard InChI is InChI=1S/C24H22N2O7S2/c1-32-23(28)17-10-18(24(29)33-2)12-19(11-17)25-22(27)20-13-15-6-3-4-7-16(15)14-26(20)35(30,31)21-8-5-9-34-21/h3-12,20H,13-14H2,1-2H3,(H,25,27)/t20-/m1/s1. The van der Waals surface area contributed by atoms with Crippen LogP contribution in [0.5, 0.6) is 0 Å². The van der Waals surface area contributed by atoms with Crippen molar-refractivity contribution in [2.24, 2.45) is 0 Å². The SMILES string of the molecule is COC(=O)c1cc(NC(=O)[C@H]2Cc3ccccc3CN2S(=O)(=O)c2cccs2)cc(C(=O)OC)c1. The third-order valence-electron chi connectivity index (χ3n) is 5.61. The Balaban J connectivity index is 1.71. The van der Waals surface area contributed by atoms with Gasteiger partial charge in [-0.15, -0.1) is 11.3 Å². The molecule has 0 saturated carbocycles. The lowest BCUT2D eigenvalue weighted by atomic mass is 9.95. The maximum absolute atomic E-state index is 13.5. The molecule has 0 bridgehead atoms. The van der Waals surface area contributed by atoms with Crippen molar-refractivity contribution in [2.75, 3.05) is 19.5 Å². The lowest BCUT2D eigenvalue weighted by molar-refractivity contribution is -0.120. The topological polar surface area (TPSA) is 119 Å². The second kappa shape index (κ2) is 9.98. The quantitative estimate of drug-likeness (QED) is 0.502. The summed E-state index contributed by atoms with van der Waals surface area (Å²) in [5.41, 5.74) is 1.87. The van der Waals surface area contributed by atoms with E-state index in [9.17, 15) is 22.8 Å². The highest BCUT2D eigenvalue weighted by molar-refractivity contribution is 7.91. The molecule has 1 atom stereocenters. The van der Waals surface area contributed by atoms with E-state index in [2.05, 4.69) is 5.32 Å². The number of methoxy groups -OCH3 is 2. The van der Waals surface area contributed by atoms with Crippen molar-refractivity contribution in [1.29, 1.82) is 0 Å². The first-order valence-electron chi connectivity index (χ1n) is 10.5. The predicted molar refractivity (Wildman–Crippen MR) is 129 cm³/mol. The highest BCUT2D eigenvalue weighted by atomic mass is 32.2. The largest absolute Gasteiger partial charge is 0.465 e. The molecule has 9 nitrogen and oxygen atoms in total. The smallest absolute Gasteiger partial charge is 0.337 e. The van der Waals surface area contributed by atoms with E-state index in [1.807, 2.05) is 24.3 Å². The summed E-state index contributed by atoms with van der Waals surface area (Å²) >= 11 is 1.07. The summed E-state index contributed by atoms with van der Waals surface area (Å²) in [6.45, 7) is 0.0318. The minimum absolute atomic E-state index is 0.0303. The third-order valence-corrected chi connectivity index (χ3v) is 8.84. The number of carbonyl (C=O) groups excluding carboxylic acids is 3. The van der Waals surface area contributed by atoms with Crippen LogP contribution in [0.2, 0.25) is 0 Å². The summed E-state index contributed by atoms with van der Waals surface area (Å²) in [5.74, 6) is -2.02. The number of sulfonamides is 1. The number of anilines is 1. The Hall–Kier alpha value is -3.54. The number of rotatable bonds is 6. The number of ether oxygens (including phenoxy) is 2. The molecule has 11 heteroatoms. The van der Waals surface area contributed by atoms with Crippen molar-refractivity contribution < 1.29 is 32.3 Å². The molecule has 0 fully saturated rings. The van der Waals surface area contributed by atoms with E-state index in [1.54, 1.807) is 11.4 Å². The van der Waals surface area contributed by atoms with Gasteiger partial charge in [-0.2, -0.15) is 4.31 Å². The van der Waals surface area contributed by atoms with E-state index >= 15 is 0 Å². The van der Waals surface area contributed by atoms with Crippen molar-refractivity contribution in [3.05, 3.63) is 82.2 Å². The van der Waals surface area contributed by atoms with Crippen LogP contribution in [0.15, 0.2) is 64.2 Å². The van der Waals surface area contributed by atoms with Gasteiger partial charge < -0.3 is 14.8 Å². The Bertz CT molecular complexity index is 1350. The van der Waals surface area contributed by atoms with Crippen LogP contribution in [0.1, 0.15) is 31.8 Å². The summed E-state index contributed by atoms with van der Waals surface area (Å²) in [6.07, 6.45) is 0.160. The molecular formula is C24H22N2O7S2. The highest BCUT2D eigenvalue weighted by Crippen LogP contribution is 2.31. The van der Waals surface area contributed by atoms with Crippen LogP contribution >= 0.6 is 11.3 Å². The Kier molecular flexibility index (Phi) is 7.01.